The van der Waals surface area contributed by atoms with Gasteiger partial charge in [-0.1, -0.05) is 26.7 Å². The molecular formula is C14H25NO3. The van der Waals surface area contributed by atoms with Crippen molar-refractivity contribution in [3.8, 4) is 0 Å². The fourth-order valence-electron chi connectivity index (χ4n) is 3.29. The zero-order valence-electron chi connectivity index (χ0n) is 11.5. The van der Waals surface area contributed by atoms with Gasteiger partial charge in [-0.05, 0) is 24.7 Å². The number of aliphatic carboxylic acids is 1. The van der Waals surface area contributed by atoms with E-state index in [9.17, 15) is 4.79 Å². The molecule has 0 amide bonds. The van der Waals surface area contributed by atoms with E-state index in [1.54, 1.807) is 0 Å². The first kappa shape index (κ1) is 13.8. The van der Waals surface area contributed by atoms with Crippen LogP contribution in [0.15, 0.2) is 0 Å². The normalized spacial score (nSPS) is 34.7. The van der Waals surface area contributed by atoms with Gasteiger partial charge in [0.1, 0.15) is 0 Å². The minimum atomic E-state index is -0.823. The molecule has 3 unspecified atom stereocenters. The van der Waals surface area contributed by atoms with Gasteiger partial charge >= 0.3 is 5.97 Å². The van der Waals surface area contributed by atoms with Crippen molar-refractivity contribution in [1.82, 2.24) is 4.90 Å². The van der Waals surface area contributed by atoms with Gasteiger partial charge in [0, 0.05) is 19.1 Å². The van der Waals surface area contributed by atoms with Gasteiger partial charge < -0.3 is 9.84 Å². The van der Waals surface area contributed by atoms with E-state index in [2.05, 4.69) is 18.7 Å². The third kappa shape index (κ3) is 3.23. The van der Waals surface area contributed by atoms with E-state index in [1.165, 1.54) is 25.7 Å². The first-order chi connectivity index (χ1) is 8.58. The zero-order chi connectivity index (χ0) is 13.1. The number of nitrogens with zero attached hydrogens (tertiary/aromatic N) is 1. The molecule has 2 fully saturated rings. The Kier molecular flexibility index (Phi) is 4.62. The van der Waals surface area contributed by atoms with E-state index >= 15 is 0 Å². The number of carboxylic acids is 1. The Labute approximate surface area is 109 Å². The summed E-state index contributed by atoms with van der Waals surface area (Å²) in [5.41, 5.74) is 0. The maximum absolute atomic E-state index is 11.0. The van der Waals surface area contributed by atoms with Crippen LogP contribution in [0, 0.1) is 11.8 Å². The van der Waals surface area contributed by atoms with Gasteiger partial charge in [0.05, 0.1) is 6.61 Å². The lowest BCUT2D eigenvalue weighted by molar-refractivity contribution is -0.157. The van der Waals surface area contributed by atoms with Crippen LogP contribution >= 0.6 is 0 Å². The SMILES string of the molecule is CC(C)C1CCCC(N2CCOC(C(=O)O)C2)C1. The fraction of sp³-hybridized carbons (Fsp3) is 0.929. The highest BCUT2D eigenvalue weighted by Gasteiger charge is 2.33. The Hall–Kier alpha value is -0.610. The molecule has 4 heteroatoms. The predicted octanol–water partition coefficient (Wildman–Crippen LogP) is 1.99. The first-order valence-electron chi connectivity index (χ1n) is 7.16. The Balaban J connectivity index is 1.92. The van der Waals surface area contributed by atoms with Crippen LogP contribution in [0.5, 0.6) is 0 Å². The molecule has 0 aromatic rings. The summed E-state index contributed by atoms with van der Waals surface area (Å²) in [6.07, 6.45) is 4.43. The van der Waals surface area contributed by atoms with E-state index in [1.807, 2.05) is 0 Å². The summed E-state index contributed by atoms with van der Waals surface area (Å²) < 4.78 is 5.29. The van der Waals surface area contributed by atoms with Crippen LogP contribution in [0.3, 0.4) is 0 Å². The average molecular weight is 255 g/mol. The van der Waals surface area contributed by atoms with Crippen molar-refractivity contribution >= 4 is 5.97 Å². The van der Waals surface area contributed by atoms with Crippen LogP contribution in [0.25, 0.3) is 0 Å². The smallest absolute Gasteiger partial charge is 0.334 e. The summed E-state index contributed by atoms with van der Waals surface area (Å²) in [6.45, 7) is 6.60. The molecule has 1 saturated heterocycles. The molecule has 2 rings (SSSR count). The molecule has 104 valence electrons. The van der Waals surface area contributed by atoms with E-state index in [4.69, 9.17) is 9.84 Å². The van der Waals surface area contributed by atoms with Gasteiger partial charge in [0.15, 0.2) is 6.10 Å². The van der Waals surface area contributed by atoms with Crippen LogP contribution in [0.2, 0.25) is 0 Å². The Bertz CT molecular complexity index is 293. The Morgan fingerprint density at radius 1 is 1.39 bits per heavy atom. The largest absolute Gasteiger partial charge is 0.479 e. The zero-order valence-corrected chi connectivity index (χ0v) is 11.5. The molecule has 3 atom stereocenters. The highest BCUT2D eigenvalue weighted by atomic mass is 16.5. The van der Waals surface area contributed by atoms with Gasteiger partial charge in [-0.3, -0.25) is 4.90 Å². The average Bonchev–Trinajstić information content (AvgIpc) is 2.39. The quantitative estimate of drug-likeness (QED) is 0.838. The summed E-state index contributed by atoms with van der Waals surface area (Å²) >= 11 is 0. The van der Waals surface area contributed by atoms with Crippen LogP contribution in [0.1, 0.15) is 39.5 Å². The lowest BCUT2D eigenvalue weighted by Crippen LogP contribution is -2.51. The maximum atomic E-state index is 11.0. The van der Waals surface area contributed by atoms with E-state index in [-0.39, 0.29) is 0 Å². The Morgan fingerprint density at radius 2 is 2.17 bits per heavy atom. The lowest BCUT2D eigenvalue weighted by atomic mass is 9.78. The summed E-state index contributed by atoms with van der Waals surface area (Å²) in [6, 6.07) is 0.567. The molecule has 1 saturated carbocycles. The maximum Gasteiger partial charge on any atom is 0.334 e. The molecule has 18 heavy (non-hydrogen) atoms. The highest BCUT2D eigenvalue weighted by Crippen LogP contribution is 2.33. The molecule has 1 aliphatic heterocycles. The van der Waals surface area contributed by atoms with Gasteiger partial charge in [0.2, 0.25) is 0 Å². The van der Waals surface area contributed by atoms with E-state index in [0.717, 1.165) is 18.4 Å². The van der Waals surface area contributed by atoms with Crippen molar-refractivity contribution in [1.29, 1.82) is 0 Å². The number of hydrogen-bond donors (Lipinski definition) is 1. The molecule has 0 radical (unpaired) electrons. The molecular weight excluding hydrogens is 230 g/mol. The fourth-order valence-corrected chi connectivity index (χ4v) is 3.29. The summed E-state index contributed by atoms with van der Waals surface area (Å²) in [5.74, 6) is 0.718. The summed E-state index contributed by atoms with van der Waals surface area (Å²) in [5, 5.41) is 9.04. The monoisotopic (exact) mass is 255 g/mol. The van der Waals surface area contributed by atoms with E-state index in [0.29, 0.717) is 19.2 Å². The standard InChI is InChI=1S/C14H25NO3/c1-10(2)11-4-3-5-12(8-11)15-6-7-18-13(9-15)14(16)17/h10-13H,3-9H2,1-2H3,(H,16,17). The van der Waals surface area contributed by atoms with Gasteiger partial charge in [-0.15, -0.1) is 0 Å². The van der Waals surface area contributed by atoms with Crippen molar-refractivity contribution in [2.75, 3.05) is 19.7 Å². The minimum Gasteiger partial charge on any atom is -0.479 e. The third-order valence-corrected chi connectivity index (χ3v) is 4.52. The molecule has 0 spiro atoms. The minimum absolute atomic E-state index is 0.555. The molecule has 0 aromatic carbocycles. The van der Waals surface area contributed by atoms with Crippen molar-refractivity contribution in [2.45, 2.75) is 51.7 Å². The Morgan fingerprint density at radius 3 is 2.83 bits per heavy atom. The molecule has 0 bridgehead atoms. The second-order valence-corrected chi connectivity index (χ2v) is 6.02. The van der Waals surface area contributed by atoms with Gasteiger partial charge in [-0.25, -0.2) is 4.79 Å². The van der Waals surface area contributed by atoms with Gasteiger partial charge in [-0.2, -0.15) is 0 Å². The number of rotatable bonds is 3. The van der Waals surface area contributed by atoms with Crippen molar-refractivity contribution in [3.63, 3.8) is 0 Å². The van der Waals surface area contributed by atoms with Crippen LogP contribution in [-0.2, 0) is 9.53 Å². The lowest BCUT2D eigenvalue weighted by Gasteiger charge is -2.41. The molecule has 2 aliphatic rings. The highest BCUT2D eigenvalue weighted by molar-refractivity contribution is 5.72. The number of ether oxygens (including phenoxy) is 1. The van der Waals surface area contributed by atoms with Crippen molar-refractivity contribution < 1.29 is 14.6 Å². The van der Waals surface area contributed by atoms with Crippen LogP contribution in [-0.4, -0.2) is 47.8 Å². The molecule has 1 aliphatic carbocycles. The molecule has 1 heterocycles. The second-order valence-electron chi connectivity index (χ2n) is 6.02. The number of carbonyl (C=O) groups is 1. The van der Waals surface area contributed by atoms with Crippen LogP contribution in [0.4, 0.5) is 0 Å². The number of hydrogen-bond acceptors (Lipinski definition) is 3. The number of carboxylic acid groups (broad SMARTS) is 1. The van der Waals surface area contributed by atoms with E-state index < -0.39 is 12.1 Å². The summed E-state index contributed by atoms with van der Waals surface area (Å²) in [7, 11) is 0. The molecule has 1 N–H and O–H groups in total. The first-order valence-corrected chi connectivity index (χ1v) is 7.16. The number of morpholine rings is 1. The van der Waals surface area contributed by atoms with Crippen LogP contribution < -0.4 is 0 Å². The third-order valence-electron chi connectivity index (χ3n) is 4.52. The predicted molar refractivity (Wildman–Crippen MR) is 69.5 cm³/mol. The van der Waals surface area contributed by atoms with Crippen molar-refractivity contribution in [2.24, 2.45) is 11.8 Å². The van der Waals surface area contributed by atoms with Gasteiger partial charge in [0.25, 0.3) is 0 Å². The molecule has 4 nitrogen and oxygen atoms in total. The van der Waals surface area contributed by atoms with Crippen molar-refractivity contribution in [3.05, 3.63) is 0 Å². The second kappa shape index (κ2) is 6.02. The topological polar surface area (TPSA) is 49.8 Å². The molecule has 0 aromatic heterocycles. The summed E-state index contributed by atoms with van der Waals surface area (Å²) in [4.78, 5) is 13.3.